The third-order valence-electron chi connectivity index (χ3n) is 5.18. The molecule has 1 aromatic carbocycles. The molecule has 1 saturated heterocycles. The lowest BCUT2D eigenvalue weighted by Gasteiger charge is -2.38. The molecule has 2 amide bonds. The predicted molar refractivity (Wildman–Crippen MR) is 82.3 cm³/mol. The maximum Gasteiger partial charge on any atom is 0.256 e. The van der Waals surface area contributed by atoms with Crippen molar-refractivity contribution in [3.8, 4) is 0 Å². The number of hydrogen-bond acceptors (Lipinski definition) is 3. The van der Waals surface area contributed by atoms with Gasteiger partial charge in [0.25, 0.3) is 11.8 Å². The topological polar surface area (TPSA) is 61.8 Å². The van der Waals surface area contributed by atoms with Crippen LogP contribution in [0.1, 0.15) is 36.0 Å². The summed E-state index contributed by atoms with van der Waals surface area (Å²) in [5.41, 5.74) is 3.14. The molecule has 0 radical (unpaired) electrons. The van der Waals surface area contributed by atoms with Gasteiger partial charge in [-0.25, -0.2) is 9.82 Å². The van der Waals surface area contributed by atoms with Gasteiger partial charge in [-0.3, -0.25) is 9.59 Å². The summed E-state index contributed by atoms with van der Waals surface area (Å²) in [7, 11) is 0. The summed E-state index contributed by atoms with van der Waals surface area (Å²) in [5, 5.41) is 4.25. The van der Waals surface area contributed by atoms with Crippen molar-refractivity contribution < 1.29 is 14.0 Å². The van der Waals surface area contributed by atoms with E-state index in [1.807, 2.05) is 0 Å². The minimum Gasteiger partial charge on any atom is -0.338 e. The van der Waals surface area contributed by atoms with Crippen LogP contribution < -0.4 is 5.43 Å². The number of amides is 2. The van der Waals surface area contributed by atoms with Crippen molar-refractivity contribution in [3.63, 3.8) is 0 Å². The maximum atomic E-state index is 13.8. The van der Waals surface area contributed by atoms with E-state index in [9.17, 15) is 14.0 Å². The van der Waals surface area contributed by atoms with Crippen LogP contribution >= 0.6 is 0 Å². The number of nitrogens with zero attached hydrogens (tertiary/aromatic N) is 2. The van der Waals surface area contributed by atoms with Gasteiger partial charge in [0.2, 0.25) is 0 Å². The Morgan fingerprint density at radius 2 is 1.96 bits per heavy atom. The minimum absolute atomic E-state index is 0.0441. The lowest BCUT2D eigenvalue weighted by atomic mass is 9.72. The predicted octanol–water partition coefficient (Wildman–Crippen LogP) is 1.94. The Morgan fingerprint density at radius 1 is 1.26 bits per heavy atom. The number of benzene rings is 1. The Morgan fingerprint density at radius 3 is 2.61 bits per heavy atom. The van der Waals surface area contributed by atoms with Crippen molar-refractivity contribution in [1.29, 1.82) is 0 Å². The second kappa shape index (κ2) is 5.15. The molecule has 0 unspecified atom stereocenters. The van der Waals surface area contributed by atoms with Crippen molar-refractivity contribution in [3.05, 3.63) is 35.6 Å². The molecule has 0 atom stereocenters. The van der Waals surface area contributed by atoms with Crippen LogP contribution in [0.4, 0.5) is 4.39 Å². The smallest absolute Gasteiger partial charge is 0.256 e. The highest BCUT2D eigenvalue weighted by Gasteiger charge is 2.53. The summed E-state index contributed by atoms with van der Waals surface area (Å²) in [4.78, 5) is 26.4. The van der Waals surface area contributed by atoms with Crippen LogP contribution in [0.25, 0.3) is 0 Å². The molecular weight excluding hydrogens is 297 g/mol. The van der Waals surface area contributed by atoms with E-state index in [2.05, 4.69) is 10.5 Å². The van der Waals surface area contributed by atoms with Crippen LogP contribution in [0.2, 0.25) is 0 Å². The number of carbonyl (C=O) groups excluding carboxylic acids is 2. The van der Waals surface area contributed by atoms with Crippen molar-refractivity contribution in [2.45, 2.75) is 25.7 Å². The van der Waals surface area contributed by atoms with Crippen molar-refractivity contribution in [1.82, 2.24) is 10.3 Å². The zero-order chi connectivity index (χ0) is 16.0. The second-order valence-electron chi connectivity index (χ2n) is 6.57. The fourth-order valence-electron chi connectivity index (χ4n) is 3.66. The first-order valence-electron chi connectivity index (χ1n) is 8.04. The first-order chi connectivity index (χ1) is 11.1. The monoisotopic (exact) mass is 315 g/mol. The molecular formula is C17H18FN3O2. The van der Waals surface area contributed by atoms with E-state index in [0.717, 1.165) is 18.6 Å². The zero-order valence-corrected chi connectivity index (χ0v) is 12.7. The van der Waals surface area contributed by atoms with E-state index in [4.69, 9.17) is 0 Å². The molecule has 0 aromatic heterocycles. The Bertz CT molecular complexity index is 704. The van der Waals surface area contributed by atoms with Crippen LogP contribution in [-0.4, -0.2) is 35.5 Å². The van der Waals surface area contributed by atoms with Gasteiger partial charge in [-0.2, -0.15) is 5.10 Å². The highest BCUT2D eigenvalue weighted by atomic mass is 19.1. The molecule has 1 aliphatic carbocycles. The van der Waals surface area contributed by atoms with Gasteiger partial charge in [0.15, 0.2) is 0 Å². The normalized spacial score (nSPS) is 22.9. The minimum atomic E-state index is -0.548. The van der Waals surface area contributed by atoms with E-state index < -0.39 is 11.2 Å². The van der Waals surface area contributed by atoms with Gasteiger partial charge >= 0.3 is 0 Å². The fraction of sp³-hybridized carbons (Fsp3) is 0.471. The molecule has 120 valence electrons. The summed E-state index contributed by atoms with van der Waals surface area (Å²) >= 11 is 0. The first-order valence-corrected chi connectivity index (χ1v) is 8.04. The second-order valence-corrected chi connectivity index (χ2v) is 6.57. The Balaban J connectivity index is 1.51. The standard InChI is InChI=1S/C17H18FN3O2/c18-13-4-2-1-3-12(13)15(22)21-9-7-17(8-10-21)14(11-5-6-11)19-20-16(17)23/h1-4,11H,5-10H2,(H,20,23). The average Bonchev–Trinajstić information content (AvgIpc) is 3.35. The van der Waals surface area contributed by atoms with Gasteiger partial charge in [0.1, 0.15) is 5.82 Å². The molecule has 1 aromatic rings. The maximum absolute atomic E-state index is 13.8. The molecule has 2 aliphatic heterocycles. The van der Waals surface area contributed by atoms with E-state index >= 15 is 0 Å². The van der Waals surface area contributed by atoms with Gasteiger partial charge in [0, 0.05) is 19.0 Å². The summed E-state index contributed by atoms with van der Waals surface area (Å²) in [6, 6.07) is 6.02. The number of halogens is 1. The van der Waals surface area contributed by atoms with Crippen LogP contribution in [0.3, 0.4) is 0 Å². The Hall–Kier alpha value is -2.24. The first kappa shape index (κ1) is 14.4. The molecule has 2 fully saturated rings. The molecule has 2 heterocycles. The highest BCUT2D eigenvalue weighted by molar-refractivity contribution is 6.14. The largest absolute Gasteiger partial charge is 0.338 e. The number of piperidine rings is 1. The van der Waals surface area contributed by atoms with Gasteiger partial charge in [0.05, 0.1) is 16.7 Å². The summed E-state index contributed by atoms with van der Waals surface area (Å²) in [5.74, 6) is -0.432. The van der Waals surface area contributed by atoms with Gasteiger partial charge in [-0.15, -0.1) is 0 Å². The fourth-order valence-corrected chi connectivity index (χ4v) is 3.66. The molecule has 6 heteroatoms. The SMILES string of the molecule is O=C(c1ccccc1F)N1CCC2(CC1)C(=O)NN=C2C1CC1. The molecule has 5 nitrogen and oxygen atoms in total. The summed E-state index contributed by atoms with van der Waals surface area (Å²) < 4.78 is 13.8. The Kier molecular flexibility index (Phi) is 3.21. The van der Waals surface area contributed by atoms with E-state index in [1.54, 1.807) is 17.0 Å². The molecule has 1 spiro atoms. The van der Waals surface area contributed by atoms with Crippen molar-refractivity contribution in [2.24, 2.45) is 16.4 Å². The van der Waals surface area contributed by atoms with Gasteiger partial charge < -0.3 is 4.90 Å². The highest BCUT2D eigenvalue weighted by Crippen LogP contribution is 2.45. The van der Waals surface area contributed by atoms with Crippen LogP contribution in [-0.2, 0) is 4.79 Å². The molecule has 3 aliphatic rings. The summed E-state index contributed by atoms with van der Waals surface area (Å²) in [6.45, 7) is 0.901. The average molecular weight is 315 g/mol. The zero-order valence-electron chi connectivity index (χ0n) is 12.7. The molecule has 1 saturated carbocycles. The van der Waals surface area contributed by atoms with E-state index in [1.165, 1.54) is 12.1 Å². The Labute approximate surface area is 133 Å². The van der Waals surface area contributed by atoms with E-state index in [-0.39, 0.29) is 17.4 Å². The molecule has 0 bridgehead atoms. The third kappa shape index (κ3) is 2.24. The molecule has 1 N–H and O–H groups in total. The lowest BCUT2D eigenvalue weighted by molar-refractivity contribution is -0.128. The van der Waals surface area contributed by atoms with Crippen LogP contribution in [0.5, 0.6) is 0 Å². The number of carbonyl (C=O) groups is 2. The van der Waals surface area contributed by atoms with Crippen molar-refractivity contribution in [2.75, 3.05) is 13.1 Å². The van der Waals surface area contributed by atoms with Crippen LogP contribution in [0, 0.1) is 17.2 Å². The quantitative estimate of drug-likeness (QED) is 0.906. The van der Waals surface area contributed by atoms with Crippen LogP contribution in [0.15, 0.2) is 29.4 Å². The van der Waals surface area contributed by atoms with E-state index in [0.29, 0.717) is 31.8 Å². The molecule has 23 heavy (non-hydrogen) atoms. The lowest BCUT2D eigenvalue weighted by Crippen LogP contribution is -2.50. The molecule has 4 rings (SSSR count). The number of likely N-dealkylation sites (tertiary alicyclic amines) is 1. The number of hydrogen-bond donors (Lipinski definition) is 1. The number of nitrogens with one attached hydrogen (secondary N) is 1. The third-order valence-corrected chi connectivity index (χ3v) is 5.18. The number of hydrazone groups is 1. The van der Waals surface area contributed by atoms with Gasteiger partial charge in [-0.1, -0.05) is 12.1 Å². The number of rotatable bonds is 2. The summed E-state index contributed by atoms with van der Waals surface area (Å²) in [6.07, 6.45) is 3.31. The van der Waals surface area contributed by atoms with Crippen molar-refractivity contribution >= 4 is 17.5 Å². The van der Waals surface area contributed by atoms with Gasteiger partial charge in [-0.05, 0) is 37.8 Å².